The highest BCUT2D eigenvalue weighted by Crippen LogP contribution is 2.35. The molecule has 4 aromatic rings. The Morgan fingerprint density at radius 2 is 1.83 bits per heavy atom. The predicted molar refractivity (Wildman–Crippen MR) is 139 cm³/mol. The number of anilines is 1. The van der Waals surface area contributed by atoms with Crippen LogP contribution in [-0.2, 0) is 26.9 Å². The maximum atomic E-state index is 13.3. The maximum Gasteiger partial charge on any atom is 0.229 e. The average Bonchev–Trinajstić information content (AvgIpc) is 3.28. The number of sulfone groups is 1. The number of nitrogens with zero attached hydrogens (tertiary/aromatic N) is 3. The van der Waals surface area contributed by atoms with Gasteiger partial charge in [-0.05, 0) is 43.2 Å². The summed E-state index contributed by atoms with van der Waals surface area (Å²) < 4.78 is 31.8. The van der Waals surface area contributed by atoms with Crippen molar-refractivity contribution in [2.24, 2.45) is 0 Å². The van der Waals surface area contributed by atoms with Gasteiger partial charge in [-0.1, -0.05) is 53.8 Å². The van der Waals surface area contributed by atoms with Crippen molar-refractivity contribution in [3.8, 4) is 5.75 Å². The van der Waals surface area contributed by atoms with E-state index in [1.807, 2.05) is 61.5 Å². The van der Waals surface area contributed by atoms with Crippen LogP contribution in [0.5, 0.6) is 5.75 Å². The first-order chi connectivity index (χ1) is 16.9. The quantitative estimate of drug-likeness (QED) is 0.282. The fourth-order valence-electron chi connectivity index (χ4n) is 3.69. The summed E-state index contributed by atoms with van der Waals surface area (Å²) in [5.41, 5.74) is 2.18. The zero-order valence-electron chi connectivity index (χ0n) is 19.5. The summed E-state index contributed by atoms with van der Waals surface area (Å²) in [6, 6.07) is 20.3. The Hall–Kier alpha value is -3.30. The molecule has 0 atom stereocenters. The van der Waals surface area contributed by atoms with Gasteiger partial charge in [-0.3, -0.25) is 14.7 Å². The van der Waals surface area contributed by atoms with Gasteiger partial charge in [0.2, 0.25) is 5.91 Å². The number of rotatable bonds is 11. The van der Waals surface area contributed by atoms with Crippen molar-refractivity contribution in [2.75, 3.05) is 17.3 Å². The van der Waals surface area contributed by atoms with Gasteiger partial charge in [-0.25, -0.2) is 13.4 Å². The smallest absolute Gasteiger partial charge is 0.229 e. The third-order valence-corrected chi connectivity index (χ3v) is 8.05. The van der Waals surface area contributed by atoms with E-state index < -0.39 is 9.84 Å². The van der Waals surface area contributed by atoms with Crippen LogP contribution in [-0.4, -0.2) is 36.7 Å². The van der Waals surface area contributed by atoms with E-state index in [4.69, 9.17) is 9.72 Å². The molecular weight excluding hydrogens is 482 g/mol. The van der Waals surface area contributed by atoms with Crippen LogP contribution in [0.4, 0.5) is 5.13 Å². The van der Waals surface area contributed by atoms with Gasteiger partial charge in [-0.2, -0.15) is 0 Å². The largest absolute Gasteiger partial charge is 0.492 e. The molecule has 0 saturated heterocycles. The van der Waals surface area contributed by atoms with E-state index in [9.17, 15) is 13.2 Å². The van der Waals surface area contributed by atoms with Crippen molar-refractivity contribution in [2.45, 2.75) is 32.1 Å². The van der Waals surface area contributed by atoms with Crippen LogP contribution in [0.1, 0.15) is 31.0 Å². The number of ether oxygens (including phenoxy) is 1. The Morgan fingerprint density at radius 1 is 1.03 bits per heavy atom. The molecule has 0 aliphatic heterocycles. The number of thiazole rings is 1. The van der Waals surface area contributed by atoms with Crippen LogP contribution in [0.2, 0.25) is 0 Å². The fourth-order valence-corrected chi connectivity index (χ4v) is 6.12. The summed E-state index contributed by atoms with van der Waals surface area (Å²) in [5, 5.41) is 0.537. The first-order valence-corrected chi connectivity index (χ1v) is 14.1. The van der Waals surface area contributed by atoms with Gasteiger partial charge in [0.05, 0.1) is 35.1 Å². The Kier molecular flexibility index (Phi) is 8.09. The second-order valence-corrected chi connectivity index (χ2v) is 11.2. The van der Waals surface area contributed by atoms with Crippen molar-refractivity contribution in [3.63, 3.8) is 0 Å². The molecule has 182 valence electrons. The van der Waals surface area contributed by atoms with E-state index in [0.29, 0.717) is 23.0 Å². The van der Waals surface area contributed by atoms with Crippen LogP contribution in [0, 0.1) is 0 Å². The maximum absolute atomic E-state index is 13.3. The molecule has 35 heavy (non-hydrogen) atoms. The number of aromatic nitrogens is 2. The molecule has 0 saturated carbocycles. The molecule has 4 rings (SSSR count). The molecule has 2 aromatic heterocycles. The van der Waals surface area contributed by atoms with E-state index in [-0.39, 0.29) is 36.8 Å². The van der Waals surface area contributed by atoms with Gasteiger partial charge in [-0.15, -0.1) is 0 Å². The number of hydrogen-bond acceptors (Lipinski definition) is 7. The molecule has 0 aliphatic rings. The molecule has 2 aromatic carbocycles. The SMILES string of the molecule is CCOc1cccc2sc(N(Cc3ccccn3)C(=O)CCCS(=O)(=O)Cc3ccccc3)nc12. The summed E-state index contributed by atoms with van der Waals surface area (Å²) in [5.74, 6) is 0.393. The van der Waals surface area contributed by atoms with Crippen molar-refractivity contribution >= 4 is 42.4 Å². The lowest BCUT2D eigenvalue weighted by Gasteiger charge is -2.19. The molecule has 7 nitrogen and oxygen atoms in total. The van der Waals surface area contributed by atoms with Gasteiger partial charge in [0, 0.05) is 12.6 Å². The minimum Gasteiger partial charge on any atom is -0.492 e. The zero-order valence-corrected chi connectivity index (χ0v) is 21.1. The molecule has 0 fully saturated rings. The highest BCUT2D eigenvalue weighted by Gasteiger charge is 2.22. The first kappa shape index (κ1) is 24.8. The van der Waals surface area contributed by atoms with Gasteiger partial charge in [0.1, 0.15) is 11.3 Å². The molecule has 2 heterocycles. The van der Waals surface area contributed by atoms with E-state index in [0.717, 1.165) is 16.0 Å². The van der Waals surface area contributed by atoms with E-state index in [1.54, 1.807) is 23.2 Å². The molecule has 0 aliphatic carbocycles. The molecule has 0 N–H and O–H groups in total. The number of fused-ring (bicyclic) bond motifs is 1. The zero-order chi connectivity index (χ0) is 24.7. The predicted octanol–water partition coefficient (Wildman–Crippen LogP) is 5.02. The van der Waals surface area contributed by atoms with Gasteiger partial charge >= 0.3 is 0 Å². The third kappa shape index (κ3) is 6.64. The minimum atomic E-state index is -3.32. The second-order valence-electron chi connectivity index (χ2n) is 8.01. The van der Waals surface area contributed by atoms with Crippen LogP contribution >= 0.6 is 11.3 Å². The number of benzene rings is 2. The summed E-state index contributed by atoms with van der Waals surface area (Å²) in [6.45, 7) is 2.68. The van der Waals surface area contributed by atoms with Gasteiger partial charge in [0.15, 0.2) is 15.0 Å². The second kappa shape index (κ2) is 11.4. The summed E-state index contributed by atoms with van der Waals surface area (Å²) in [6.07, 6.45) is 2.01. The average molecular weight is 510 g/mol. The number of carbonyl (C=O) groups is 1. The summed E-state index contributed by atoms with van der Waals surface area (Å²) >= 11 is 1.40. The molecule has 0 unspecified atom stereocenters. The normalized spacial score (nSPS) is 11.5. The Bertz CT molecular complexity index is 1370. The molecule has 0 radical (unpaired) electrons. The topological polar surface area (TPSA) is 89.5 Å². The number of para-hydroxylation sites is 1. The third-order valence-electron chi connectivity index (χ3n) is 5.32. The molecule has 0 bridgehead atoms. The van der Waals surface area contributed by atoms with Gasteiger partial charge in [0.25, 0.3) is 0 Å². The van der Waals surface area contributed by atoms with Crippen molar-refractivity contribution in [3.05, 3.63) is 84.2 Å². The lowest BCUT2D eigenvalue weighted by atomic mass is 10.2. The summed E-state index contributed by atoms with van der Waals surface area (Å²) in [7, 11) is -3.32. The van der Waals surface area contributed by atoms with Crippen LogP contribution in [0.3, 0.4) is 0 Å². The first-order valence-electron chi connectivity index (χ1n) is 11.4. The Balaban J connectivity index is 1.51. The number of carbonyl (C=O) groups excluding carboxylic acids is 1. The molecule has 1 amide bonds. The number of amides is 1. The van der Waals surface area contributed by atoms with Crippen LogP contribution in [0.25, 0.3) is 10.2 Å². The van der Waals surface area contributed by atoms with Crippen molar-refractivity contribution in [1.82, 2.24) is 9.97 Å². The molecule has 0 spiro atoms. The molecule has 9 heteroatoms. The lowest BCUT2D eigenvalue weighted by molar-refractivity contribution is -0.118. The highest BCUT2D eigenvalue weighted by atomic mass is 32.2. The highest BCUT2D eigenvalue weighted by molar-refractivity contribution is 7.90. The van der Waals surface area contributed by atoms with E-state index >= 15 is 0 Å². The summed E-state index contributed by atoms with van der Waals surface area (Å²) in [4.78, 5) is 24.0. The standard InChI is InChI=1S/C26H27N3O4S2/c1-2-33-22-13-8-14-23-25(22)28-26(34-23)29(18-21-12-6-7-16-27-21)24(30)15-9-17-35(31,32)19-20-10-4-3-5-11-20/h3-8,10-14,16H,2,9,15,17-19H2,1H3. The van der Waals surface area contributed by atoms with E-state index in [2.05, 4.69) is 4.98 Å². The van der Waals surface area contributed by atoms with Crippen LogP contribution in [0.15, 0.2) is 72.9 Å². The Morgan fingerprint density at radius 3 is 2.57 bits per heavy atom. The van der Waals surface area contributed by atoms with Crippen molar-refractivity contribution < 1.29 is 17.9 Å². The number of pyridine rings is 1. The Labute approximate surface area is 209 Å². The molecular formula is C26H27N3O4S2. The van der Waals surface area contributed by atoms with E-state index in [1.165, 1.54) is 11.3 Å². The number of hydrogen-bond donors (Lipinski definition) is 0. The lowest BCUT2D eigenvalue weighted by Crippen LogP contribution is -2.31. The monoisotopic (exact) mass is 509 g/mol. The van der Waals surface area contributed by atoms with Crippen LogP contribution < -0.4 is 9.64 Å². The minimum absolute atomic E-state index is 0.0300. The fraction of sp³-hybridized carbons (Fsp3) is 0.269. The van der Waals surface area contributed by atoms with Crippen molar-refractivity contribution in [1.29, 1.82) is 0 Å². The van der Waals surface area contributed by atoms with Gasteiger partial charge < -0.3 is 4.74 Å².